The molecule has 0 amide bonds. The first-order valence-corrected chi connectivity index (χ1v) is 8.15. The lowest BCUT2D eigenvalue weighted by Crippen LogP contribution is -2.39. The Morgan fingerprint density at radius 1 is 1.30 bits per heavy atom. The van der Waals surface area contributed by atoms with Gasteiger partial charge in [-0.25, -0.2) is 4.39 Å². The number of benzene rings is 1. The van der Waals surface area contributed by atoms with Crippen LogP contribution in [-0.4, -0.2) is 10.7 Å². The molecule has 1 nitrogen and oxygen atoms in total. The maximum atomic E-state index is 13.3. The summed E-state index contributed by atoms with van der Waals surface area (Å²) in [6.45, 7) is 6.81. The van der Waals surface area contributed by atoms with E-state index >= 15 is 0 Å². The Morgan fingerprint density at radius 3 is 2.45 bits per heavy atom. The molecule has 0 spiro atoms. The molecular formula is C17H24BrFO. The van der Waals surface area contributed by atoms with E-state index in [1.165, 1.54) is 12.1 Å². The summed E-state index contributed by atoms with van der Waals surface area (Å²) in [5.41, 5.74) is 0.487. The molecule has 20 heavy (non-hydrogen) atoms. The molecule has 1 aliphatic rings. The van der Waals surface area contributed by atoms with Gasteiger partial charge >= 0.3 is 0 Å². The molecule has 1 aliphatic carbocycles. The minimum Gasteiger partial charge on any atom is -0.390 e. The molecule has 0 heterocycles. The Hall–Kier alpha value is -0.410. The standard InChI is InChI=1S/C17H24BrFO/c1-16(2,3)13-6-8-17(20,9-7-13)11-12-10-14(19)4-5-15(12)18/h4-5,10,13,20H,6-9,11H2,1-3H3. The molecule has 1 saturated carbocycles. The first-order valence-electron chi connectivity index (χ1n) is 7.36. The summed E-state index contributed by atoms with van der Waals surface area (Å²) in [7, 11) is 0. The van der Waals surface area contributed by atoms with E-state index in [0.717, 1.165) is 35.7 Å². The molecule has 1 aromatic carbocycles. The first kappa shape index (κ1) is 16.0. The summed E-state index contributed by atoms with van der Waals surface area (Å²) in [5, 5.41) is 10.8. The van der Waals surface area contributed by atoms with Crippen LogP contribution in [0, 0.1) is 17.2 Å². The van der Waals surface area contributed by atoms with E-state index in [9.17, 15) is 9.50 Å². The molecule has 112 valence electrons. The Labute approximate surface area is 129 Å². The van der Waals surface area contributed by atoms with E-state index in [1.54, 1.807) is 6.07 Å². The third kappa shape index (κ3) is 3.82. The van der Waals surface area contributed by atoms with Gasteiger partial charge in [-0.05, 0) is 60.8 Å². The smallest absolute Gasteiger partial charge is 0.123 e. The minimum absolute atomic E-state index is 0.241. The second-order valence-corrected chi connectivity index (χ2v) is 8.13. The summed E-state index contributed by atoms with van der Waals surface area (Å²) in [4.78, 5) is 0. The van der Waals surface area contributed by atoms with Crippen molar-refractivity contribution in [2.45, 2.75) is 58.5 Å². The van der Waals surface area contributed by atoms with E-state index in [0.29, 0.717) is 17.8 Å². The van der Waals surface area contributed by atoms with Gasteiger partial charge in [0.2, 0.25) is 0 Å². The van der Waals surface area contributed by atoms with Gasteiger partial charge in [-0.15, -0.1) is 0 Å². The molecule has 0 radical (unpaired) electrons. The van der Waals surface area contributed by atoms with Gasteiger partial charge in [-0.1, -0.05) is 36.7 Å². The van der Waals surface area contributed by atoms with Crippen molar-refractivity contribution in [2.75, 3.05) is 0 Å². The van der Waals surface area contributed by atoms with E-state index in [-0.39, 0.29) is 5.82 Å². The number of aliphatic hydroxyl groups is 1. The van der Waals surface area contributed by atoms with Crippen LogP contribution in [0.15, 0.2) is 22.7 Å². The van der Waals surface area contributed by atoms with Crippen LogP contribution in [-0.2, 0) is 6.42 Å². The van der Waals surface area contributed by atoms with Crippen molar-refractivity contribution < 1.29 is 9.50 Å². The normalized spacial score (nSPS) is 27.6. The quantitative estimate of drug-likeness (QED) is 0.792. The van der Waals surface area contributed by atoms with Gasteiger partial charge in [0.15, 0.2) is 0 Å². The molecule has 3 heteroatoms. The van der Waals surface area contributed by atoms with Crippen molar-refractivity contribution in [3.05, 3.63) is 34.1 Å². The molecule has 0 unspecified atom stereocenters. The Bertz CT molecular complexity index is 470. The Balaban J connectivity index is 2.05. The fourth-order valence-corrected chi connectivity index (χ4v) is 3.62. The number of rotatable bonds is 2. The zero-order valence-electron chi connectivity index (χ0n) is 12.5. The zero-order valence-corrected chi connectivity index (χ0v) is 14.1. The minimum atomic E-state index is -0.682. The summed E-state index contributed by atoms with van der Waals surface area (Å²) >= 11 is 3.45. The maximum absolute atomic E-state index is 13.3. The van der Waals surface area contributed by atoms with Crippen LogP contribution < -0.4 is 0 Å². The van der Waals surface area contributed by atoms with Crippen molar-refractivity contribution in [2.24, 2.45) is 11.3 Å². The highest BCUT2D eigenvalue weighted by atomic mass is 79.9. The summed E-state index contributed by atoms with van der Waals surface area (Å²) in [6.07, 6.45) is 4.23. The van der Waals surface area contributed by atoms with Gasteiger partial charge in [0.1, 0.15) is 5.82 Å². The van der Waals surface area contributed by atoms with Gasteiger partial charge in [-0.3, -0.25) is 0 Å². The average molecular weight is 343 g/mol. The third-order valence-electron chi connectivity index (χ3n) is 4.67. The second kappa shape index (κ2) is 5.76. The van der Waals surface area contributed by atoms with E-state index in [2.05, 4.69) is 36.7 Å². The van der Waals surface area contributed by atoms with Crippen molar-refractivity contribution in [3.63, 3.8) is 0 Å². The summed E-state index contributed by atoms with van der Waals surface area (Å²) < 4.78 is 14.2. The molecular weight excluding hydrogens is 319 g/mol. The van der Waals surface area contributed by atoms with Crippen LogP contribution >= 0.6 is 15.9 Å². The third-order valence-corrected chi connectivity index (χ3v) is 5.44. The van der Waals surface area contributed by atoms with Gasteiger partial charge in [0, 0.05) is 10.9 Å². The van der Waals surface area contributed by atoms with Crippen molar-refractivity contribution in [3.8, 4) is 0 Å². The van der Waals surface area contributed by atoms with Crippen LogP contribution in [0.4, 0.5) is 4.39 Å². The van der Waals surface area contributed by atoms with Gasteiger partial charge in [0.25, 0.3) is 0 Å². The molecule has 0 atom stereocenters. The predicted octanol–water partition coefficient (Wildman–Crippen LogP) is 5.10. The number of hydrogen-bond acceptors (Lipinski definition) is 1. The number of hydrogen-bond donors (Lipinski definition) is 1. The highest BCUT2D eigenvalue weighted by Crippen LogP contribution is 2.42. The molecule has 1 aromatic rings. The van der Waals surface area contributed by atoms with E-state index < -0.39 is 5.60 Å². The lowest BCUT2D eigenvalue weighted by atomic mass is 9.67. The molecule has 2 rings (SSSR count). The van der Waals surface area contributed by atoms with Gasteiger partial charge in [-0.2, -0.15) is 0 Å². The lowest BCUT2D eigenvalue weighted by molar-refractivity contribution is -0.0246. The van der Waals surface area contributed by atoms with Crippen molar-refractivity contribution in [1.82, 2.24) is 0 Å². The van der Waals surface area contributed by atoms with Crippen LogP contribution in [0.3, 0.4) is 0 Å². The SMILES string of the molecule is CC(C)(C)C1CCC(O)(Cc2cc(F)ccc2Br)CC1. The van der Waals surface area contributed by atoms with E-state index in [4.69, 9.17) is 0 Å². The highest BCUT2D eigenvalue weighted by molar-refractivity contribution is 9.10. The predicted molar refractivity (Wildman–Crippen MR) is 84.2 cm³/mol. The van der Waals surface area contributed by atoms with Gasteiger partial charge < -0.3 is 5.11 Å². The summed E-state index contributed by atoms with van der Waals surface area (Å²) in [5.74, 6) is 0.425. The summed E-state index contributed by atoms with van der Waals surface area (Å²) in [6, 6.07) is 4.68. The van der Waals surface area contributed by atoms with Crippen molar-refractivity contribution >= 4 is 15.9 Å². The molecule has 1 fully saturated rings. The second-order valence-electron chi connectivity index (χ2n) is 7.28. The number of halogens is 2. The molecule has 0 aromatic heterocycles. The molecule has 0 bridgehead atoms. The Kier molecular flexibility index (Phi) is 4.60. The fraction of sp³-hybridized carbons (Fsp3) is 0.647. The highest BCUT2D eigenvalue weighted by Gasteiger charge is 2.37. The van der Waals surface area contributed by atoms with Crippen molar-refractivity contribution in [1.29, 1.82) is 0 Å². The average Bonchev–Trinajstić information content (AvgIpc) is 2.33. The molecule has 0 aliphatic heterocycles. The van der Waals surface area contributed by atoms with Crippen LogP contribution in [0.2, 0.25) is 0 Å². The molecule has 0 saturated heterocycles. The van der Waals surface area contributed by atoms with Gasteiger partial charge in [0.05, 0.1) is 5.60 Å². The largest absolute Gasteiger partial charge is 0.390 e. The fourth-order valence-electron chi connectivity index (χ4n) is 3.23. The lowest BCUT2D eigenvalue weighted by Gasteiger charge is -2.41. The van der Waals surface area contributed by atoms with Crippen LogP contribution in [0.5, 0.6) is 0 Å². The Morgan fingerprint density at radius 2 is 1.90 bits per heavy atom. The first-order chi connectivity index (χ1) is 9.20. The molecule has 1 N–H and O–H groups in total. The van der Waals surface area contributed by atoms with Crippen LogP contribution in [0.25, 0.3) is 0 Å². The topological polar surface area (TPSA) is 20.2 Å². The monoisotopic (exact) mass is 342 g/mol. The van der Waals surface area contributed by atoms with E-state index in [1.807, 2.05) is 0 Å². The maximum Gasteiger partial charge on any atom is 0.123 e. The zero-order chi connectivity index (χ0) is 15.0. The van der Waals surface area contributed by atoms with Crippen LogP contribution in [0.1, 0.15) is 52.0 Å².